The summed E-state index contributed by atoms with van der Waals surface area (Å²) in [5.74, 6) is 2.17. The monoisotopic (exact) mass is 433 g/mol. The molecule has 7 heteroatoms. The Hall–Kier alpha value is -3.09. The van der Waals surface area contributed by atoms with Crippen molar-refractivity contribution < 1.29 is 9.21 Å². The SMILES string of the molecule is Cc1ccc(N2CCN(C(=O)c3c(C)oc4nc(C)nc(N5CCCC5)c34)CC2)c(C)c1. The summed E-state index contributed by atoms with van der Waals surface area (Å²) < 4.78 is 5.97. The third-order valence-electron chi connectivity index (χ3n) is 6.70. The van der Waals surface area contributed by atoms with Gasteiger partial charge in [0.1, 0.15) is 17.4 Å². The maximum absolute atomic E-state index is 13.7. The number of carbonyl (C=O) groups is 1. The van der Waals surface area contributed by atoms with Crippen molar-refractivity contribution in [2.75, 3.05) is 49.1 Å². The third kappa shape index (κ3) is 3.59. The molecule has 0 unspecified atom stereocenters. The van der Waals surface area contributed by atoms with Crippen LogP contribution in [0, 0.1) is 27.7 Å². The fraction of sp³-hybridized carbons (Fsp3) is 0.480. The Bertz CT molecular complexity index is 1170. The van der Waals surface area contributed by atoms with Crippen LogP contribution in [0.2, 0.25) is 0 Å². The van der Waals surface area contributed by atoms with E-state index < -0.39 is 0 Å². The number of aromatic nitrogens is 2. The van der Waals surface area contributed by atoms with Crippen LogP contribution in [0.3, 0.4) is 0 Å². The molecule has 2 aliphatic rings. The number of anilines is 2. The van der Waals surface area contributed by atoms with Crippen LogP contribution in [0.5, 0.6) is 0 Å². The first-order valence-corrected chi connectivity index (χ1v) is 11.6. The minimum Gasteiger partial charge on any atom is -0.442 e. The van der Waals surface area contributed by atoms with Crippen LogP contribution in [-0.2, 0) is 0 Å². The minimum atomic E-state index is 0.0226. The normalized spacial score (nSPS) is 16.9. The standard InChI is InChI=1S/C25H31N5O2/c1-16-7-8-20(17(2)15-16)28-11-13-30(14-12-28)25(31)21-18(3)32-24-22(21)23(26-19(4)27-24)29-9-5-6-10-29/h7-8,15H,5-6,9-14H2,1-4H3. The molecule has 0 radical (unpaired) electrons. The molecule has 5 rings (SSSR count). The number of hydrogen-bond donors (Lipinski definition) is 0. The summed E-state index contributed by atoms with van der Waals surface area (Å²) >= 11 is 0. The fourth-order valence-electron chi connectivity index (χ4n) is 5.08. The molecule has 0 atom stereocenters. The molecule has 4 heterocycles. The summed E-state index contributed by atoms with van der Waals surface area (Å²) in [4.78, 5) is 29.5. The van der Waals surface area contributed by atoms with E-state index in [0.717, 1.165) is 50.2 Å². The van der Waals surface area contributed by atoms with Gasteiger partial charge in [-0.2, -0.15) is 4.98 Å². The van der Waals surface area contributed by atoms with Crippen molar-refractivity contribution in [2.24, 2.45) is 0 Å². The highest BCUT2D eigenvalue weighted by molar-refractivity contribution is 6.10. The summed E-state index contributed by atoms with van der Waals surface area (Å²) in [6, 6.07) is 6.57. The number of piperazine rings is 1. The minimum absolute atomic E-state index is 0.0226. The molecule has 2 aliphatic heterocycles. The quantitative estimate of drug-likeness (QED) is 0.622. The number of amides is 1. The van der Waals surface area contributed by atoms with Crippen molar-refractivity contribution in [2.45, 2.75) is 40.5 Å². The van der Waals surface area contributed by atoms with E-state index in [1.54, 1.807) is 0 Å². The molecule has 168 valence electrons. The molecule has 2 aromatic heterocycles. The second-order valence-corrected chi connectivity index (χ2v) is 9.07. The number of hydrogen-bond acceptors (Lipinski definition) is 6. The molecule has 7 nitrogen and oxygen atoms in total. The smallest absolute Gasteiger partial charge is 0.258 e. The van der Waals surface area contributed by atoms with Crippen LogP contribution in [0.1, 0.15) is 45.9 Å². The molecule has 32 heavy (non-hydrogen) atoms. The molecule has 0 aliphatic carbocycles. The van der Waals surface area contributed by atoms with E-state index in [1.807, 2.05) is 18.7 Å². The molecule has 2 saturated heterocycles. The number of furan rings is 1. The molecule has 0 spiro atoms. The summed E-state index contributed by atoms with van der Waals surface area (Å²) in [5, 5.41) is 0.775. The van der Waals surface area contributed by atoms with E-state index in [4.69, 9.17) is 9.40 Å². The van der Waals surface area contributed by atoms with Gasteiger partial charge in [-0.1, -0.05) is 17.7 Å². The van der Waals surface area contributed by atoms with E-state index in [2.05, 4.69) is 46.8 Å². The van der Waals surface area contributed by atoms with Crippen LogP contribution >= 0.6 is 0 Å². The third-order valence-corrected chi connectivity index (χ3v) is 6.70. The number of benzene rings is 1. The van der Waals surface area contributed by atoms with Crippen LogP contribution in [0.15, 0.2) is 22.6 Å². The molecule has 0 saturated carbocycles. The van der Waals surface area contributed by atoms with Gasteiger partial charge in [0.25, 0.3) is 5.91 Å². The van der Waals surface area contributed by atoms with E-state index in [0.29, 0.717) is 36.0 Å². The van der Waals surface area contributed by atoms with Gasteiger partial charge in [-0.05, 0) is 52.2 Å². The molecule has 3 aromatic rings. The molecular weight excluding hydrogens is 402 g/mol. The van der Waals surface area contributed by atoms with Crippen molar-refractivity contribution >= 4 is 28.5 Å². The zero-order chi connectivity index (χ0) is 22.4. The average Bonchev–Trinajstić information content (AvgIpc) is 3.40. The van der Waals surface area contributed by atoms with E-state index in [9.17, 15) is 4.79 Å². The largest absolute Gasteiger partial charge is 0.442 e. The predicted octanol–water partition coefficient (Wildman–Crippen LogP) is 4.02. The van der Waals surface area contributed by atoms with Gasteiger partial charge >= 0.3 is 0 Å². The van der Waals surface area contributed by atoms with Crippen LogP contribution < -0.4 is 9.80 Å². The van der Waals surface area contributed by atoms with Crippen LogP contribution in [0.25, 0.3) is 11.1 Å². The van der Waals surface area contributed by atoms with Crippen LogP contribution in [-0.4, -0.2) is 60.0 Å². The maximum Gasteiger partial charge on any atom is 0.258 e. The highest BCUT2D eigenvalue weighted by atomic mass is 16.3. The Morgan fingerprint density at radius 1 is 0.906 bits per heavy atom. The molecule has 1 aromatic carbocycles. The topological polar surface area (TPSA) is 65.7 Å². The Morgan fingerprint density at radius 3 is 2.31 bits per heavy atom. The lowest BCUT2D eigenvalue weighted by Gasteiger charge is -2.37. The van der Waals surface area contributed by atoms with Gasteiger partial charge in [-0.25, -0.2) is 4.98 Å². The van der Waals surface area contributed by atoms with Gasteiger partial charge in [-0.3, -0.25) is 4.79 Å². The van der Waals surface area contributed by atoms with Gasteiger partial charge in [0.2, 0.25) is 5.71 Å². The highest BCUT2D eigenvalue weighted by Crippen LogP contribution is 2.34. The van der Waals surface area contributed by atoms with Crippen molar-refractivity contribution in [1.82, 2.24) is 14.9 Å². The Labute approximate surface area is 189 Å². The zero-order valence-electron chi connectivity index (χ0n) is 19.4. The van der Waals surface area contributed by atoms with Gasteiger partial charge in [0.05, 0.1) is 10.9 Å². The number of carbonyl (C=O) groups excluding carboxylic acids is 1. The van der Waals surface area contributed by atoms with Gasteiger partial charge < -0.3 is 19.1 Å². The maximum atomic E-state index is 13.7. The van der Waals surface area contributed by atoms with E-state index >= 15 is 0 Å². The Balaban J connectivity index is 1.42. The van der Waals surface area contributed by atoms with Crippen molar-refractivity contribution in [3.8, 4) is 0 Å². The van der Waals surface area contributed by atoms with Crippen molar-refractivity contribution in [3.63, 3.8) is 0 Å². The van der Waals surface area contributed by atoms with Crippen LogP contribution in [0.4, 0.5) is 11.5 Å². The zero-order valence-corrected chi connectivity index (χ0v) is 19.4. The lowest BCUT2D eigenvalue weighted by Crippen LogP contribution is -2.49. The lowest BCUT2D eigenvalue weighted by atomic mass is 10.1. The number of rotatable bonds is 3. The number of aryl methyl sites for hydroxylation is 4. The molecule has 2 fully saturated rings. The predicted molar refractivity (Wildman–Crippen MR) is 127 cm³/mol. The molecule has 1 amide bonds. The second kappa shape index (κ2) is 8.11. The second-order valence-electron chi connectivity index (χ2n) is 9.07. The van der Waals surface area contributed by atoms with E-state index in [-0.39, 0.29) is 5.91 Å². The summed E-state index contributed by atoms with van der Waals surface area (Å²) in [5.41, 5.74) is 4.96. The molecule has 0 N–H and O–H groups in total. The Morgan fingerprint density at radius 2 is 1.62 bits per heavy atom. The van der Waals surface area contributed by atoms with Crippen molar-refractivity contribution in [1.29, 1.82) is 0 Å². The van der Waals surface area contributed by atoms with E-state index in [1.165, 1.54) is 16.8 Å². The van der Waals surface area contributed by atoms with Gasteiger partial charge in [0.15, 0.2) is 0 Å². The first-order valence-electron chi connectivity index (χ1n) is 11.6. The Kier molecular flexibility index (Phi) is 5.27. The molecule has 0 bridgehead atoms. The molecular formula is C25H31N5O2. The summed E-state index contributed by atoms with van der Waals surface area (Å²) in [6.45, 7) is 12.9. The highest BCUT2D eigenvalue weighted by Gasteiger charge is 2.31. The van der Waals surface area contributed by atoms with Gasteiger partial charge in [0, 0.05) is 45.0 Å². The number of fused-ring (bicyclic) bond motifs is 1. The first-order chi connectivity index (χ1) is 15.4. The fourth-order valence-corrected chi connectivity index (χ4v) is 5.08. The first kappa shape index (κ1) is 20.8. The van der Waals surface area contributed by atoms with Crippen molar-refractivity contribution in [3.05, 3.63) is 46.5 Å². The summed E-state index contributed by atoms with van der Waals surface area (Å²) in [7, 11) is 0. The summed E-state index contributed by atoms with van der Waals surface area (Å²) in [6.07, 6.45) is 2.29. The lowest BCUT2D eigenvalue weighted by molar-refractivity contribution is 0.0746. The average molecular weight is 434 g/mol. The number of nitrogens with zero attached hydrogens (tertiary/aromatic N) is 5. The van der Waals surface area contributed by atoms with Gasteiger partial charge in [-0.15, -0.1) is 0 Å².